The number of hydrogen-bond donors (Lipinski definition) is 2. The van der Waals surface area contributed by atoms with Gasteiger partial charge in [0, 0.05) is 30.6 Å². The van der Waals surface area contributed by atoms with Gasteiger partial charge < -0.3 is 11.1 Å². The van der Waals surface area contributed by atoms with Crippen LogP contribution in [-0.2, 0) is 4.79 Å². The number of nitrogens with two attached hydrogens (primary N) is 1. The number of carbonyl (C=O) groups excluding carboxylic acids is 1. The molecule has 1 aliphatic rings. The number of carbonyl (C=O) groups is 1. The Labute approximate surface area is 91.9 Å². The lowest BCUT2D eigenvalue weighted by atomic mass is 10.2. The van der Waals surface area contributed by atoms with E-state index < -0.39 is 0 Å². The van der Waals surface area contributed by atoms with Crippen molar-refractivity contribution in [1.29, 1.82) is 0 Å². The van der Waals surface area contributed by atoms with E-state index in [-0.39, 0.29) is 11.9 Å². The molecule has 1 aromatic rings. The Bertz CT molecular complexity index is 371. The third kappa shape index (κ3) is 2.59. The van der Waals surface area contributed by atoms with Gasteiger partial charge in [0.05, 0.1) is 0 Å². The van der Waals surface area contributed by atoms with Crippen LogP contribution in [0.4, 0.5) is 5.82 Å². The maximum atomic E-state index is 11.0. The Morgan fingerprint density at radius 3 is 3.00 bits per heavy atom. The number of rotatable bonds is 3. The van der Waals surface area contributed by atoms with Crippen molar-refractivity contribution in [3.05, 3.63) is 12.4 Å². The number of aromatic nitrogens is 2. The quantitative estimate of drug-likeness (QED) is 0.728. The van der Waals surface area contributed by atoms with Crippen LogP contribution in [0.15, 0.2) is 17.4 Å². The molecule has 1 unspecified atom stereocenters. The predicted octanol–water partition coefficient (Wildman–Crippen LogP) is 0.429. The van der Waals surface area contributed by atoms with E-state index in [0.29, 0.717) is 12.2 Å². The molecule has 0 spiro atoms. The van der Waals surface area contributed by atoms with Gasteiger partial charge in [-0.3, -0.25) is 4.79 Å². The minimum Gasteiger partial charge on any atom is -0.381 e. The first-order valence-corrected chi connectivity index (χ1v) is 5.73. The fraction of sp³-hybridized carbons (Fsp3) is 0.444. The predicted molar refractivity (Wildman–Crippen MR) is 58.3 cm³/mol. The van der Waals surface area contributed by atoms with Crippen molar-refractivity contribution in [2.45, 2.75) is 23.9 Å². The van der Waals surface area contributed by atoms with E-state index in [1.54, 1.807) is 12.4 Å². The van der Waals surface area contributed by atoms with Gasteiger partial charge >= 0.3 is 0 Å². The van der Waals surface area contributed by atoms with Crippen LogP contribution < -0.4 is 11.1 Å². The average Bonchev–Trinajstić information content (AvgIpc) is 2.63. The molecule has 1 saturated heterocycles. The van der Waals surface area contributed by atoms with Crippen LogP contribution in [0.1, 0.15) is 12.8 Å². The second kappa shape index (κ2) is 4.48. The Hall–Kier alpha value is -1.30. The molecular weight excluding hydrogens is 212 g/mol. The van der Waals surface area contributed by atoms with Gasteiger partial charge in [-0.2, -0.15) is 0 Å². The van der Waals surface area contributed by atoms with Gasteiger partial charge in [0.25, 0.3) is 0 Å². The molecule has 2 heterocycles. The molecule has 1 fully saturated rings. The van der Waals surface area contributed by atoms with Crippen molar-refractivity contribution >= 4 is 23.5 Å². The SMILES string of the molecule is Nc1nccnc1SCC1CCC(=O)N1. The van der Waals surface area contributed by atoms with E-state index in [2.05, 4.69) is 15.3 Å². The molecule has 3 N–H and O–H groups in total. The van der Waals surface area contributed by atoms with Crippen LogP contribution in [0.25, 0.3) is 0 Å². The molecule has 2 rings (SSSR count). The number of amides is 1. The first-order valence-electron chi connectivity index (χ1n) is 4.74. The van der Waals surface area contributed by atoms with Crippen LogP contribution in [0, 0.1) is 0 Å². The molecule has 15 heavy (non-hydrogen) atoms. The van der Waals surface area contributed by atoms with Crippen molar-refractivity contribution in [3.8, 4) is 0 Å². The zero-order valence-corrected chi connectivity index (χ0v) is 8.96. The van der Waals surface area contributed by atoms with Crippen LogP contribution >= 0.6 is 11.8 Å². The van der Waals surface area contributed by atoms with Gasteiger partial charge in [0.15, 0.2) is 5.82 Å². The number of nitrogens with zero attached hydrogens (tertiary/aromatic N) is 2. The number of thioether (sulfide) groups is 1. The summed E-state index contributed by atoms with van der Waals surface area (Å²) in [6, 6.07) is 0.240. The third-order valence-corrected chi connectivity index (χ3v) is 3.35. The first kappa shape index (κ1) is 10.2. The number of nitrogen functional groups attached to an aromatic ring is 1. The summed E-state index contributed by atoms with van der Waals surface area (Å²) < 4.78 is 0. The van der Waals surface area contributed by atoms with Crippen molar-refractivity contribution in [1.82, 2.24) is 15.3 Å². The molecule has 80 valence electrons. The van der Waals surface area contributed by atoms with Crippen LogP contribution in [0.2, 0.25) is 0 Å². The zero-order valence-electron chi connectivity index (χ0n) is 8.14. The molecule has 1 aromatic heterocycles. The second-order valence-corrected chi connectivity index (χ2v) is 4.37. The maximum Gasteiger partial charge on any atom is 0.220 e. The molecule has 1 atom stereocenters. The fourth-order valence-corrected chi connectivity index (χ4v) is 2.37. The number of nitrogens with one attached hydrogen (secondary N) is 1. The summed E-state index contributed by atoms with van der Waals surface area (Å²) in [5, 5.41) is 3.63. The second-order valence-electron chi connectivity index (χ2n) is 3.36. The van der Waals surface area contributed by atoms with E-state index in [1.165, 1.54) is 11.8 Å². The summed E-state index contributed by atoms with van der Waals surface area (Å²) in [4.78, 5) is 19.0. The minimum atomic E-state index is 0.132. The van der Waals surface area contributed by atoms with E-state index in [9.17, 15) is 4.79 Å². The van der Waals surface area contributed by atoms with Gasteiger partial charge in [-0.1, -0.05) is 0 Å². The average molecular weight is 224 g/mol. The normalized spacial score (nSPS) is 20.3. The molecule has 0 radical (unpaired) electrons. The Balaban J connectivity index is 1.88. The molecule has 0 saturated carbocycles. The highest BCUT2D eigenvalue weighted by Gasteiger charge is 2.21. The van der Waals surface area contributed by atoms with Gasteiger partial charge in [-0.15, -0.1) is 11.8 Å². The summed E-state index contributed by atoms with van der Waals surface area (Å²) in [6.07, 6.45) is 4.70. The molecule has 1 aliphatic heterocycles. The molecule has 1 amide bonds. The molecule has 0 aliphatic carbocycles. The summed E-state index contributed by atoms with van der Waals surface area (Å²) >= 11 is 1.53. The Kier molecular flexibility index (Phi) is 3.05. The van der Waals surface area contributed by atoms with Crippen LogP contribution in [0.3, 0.4) is 0 Å². The molecule has 6 heteroatoms. The summed E-state index contributed by atoms with van der Waals surface area (Å²) in [7, 11) is 0. The Morgan fingerprint density at radius 1 is 1.53 bits per heavy atom. The highest BCUT2D eigenvalue weighted by atomic mass is 32.2. The lowest BCUT2D eigenvalue weighted by molar-refractivity contribution is -0.119. The van der Waals surface area contributed by atoms with Gasteiger partial charge in [0.1, 0.15) is 5.03 Å². The monoisotopic (exact) mass is 224 g/mol. The highest BCUT2D eigenvalue weighted by molar-refractivity contribution is 7.99. The smallest absolute Gasteiger partial charge is 0.220 e. The van der Waals surface area contributed by atoms with Gasteiger partial charge in [-0.05, 0) is 6.42 Å². The van der Waals surface area contributed by atoms with E-state index in [1.807, 2.05) is 0 Å². The van der Waals surface area contributed by atoms with Crippen molar-refractivity contribution in [3.63, 3.8) is 0 Å². The van der Waals surface area contributed by atoms with Crippen molar-refractivity contribution < 1.29 is 4.79 Å². The van der Waals surface area contributed by atoms with Gasteiger partial charge in [-0.25, -0.2) is 9.97 Å². The van der Waals surface area contributed by atoms with E-state index in [0.717, 1.165) is 17.2 Å². The lowest BCUT2D eigenvalue weighted by Crippen LogP contribution is -2.27. The van der Waals surface area contributed by atoms with Gasteiger partial charge in [0.2, 0.25) is 5.91 Å². The maximum absolute atomic E-state index is 11.0. The number of hydrogen-bond acceptors (Lipinski definition) is 5. The van der Waals surface area contributed by atoms with E-state index >= 15 is 0 Å². The molecule has 0 bridgehead atoms. The minimum absolute atomic E-state index is 0.132. The van der Waals surface area contributed by atoms with E-state index in [4.69, 9.17) is 5.73 Å². The highest BCUT2D eigenvalue weighted by Crippen LogP contribution is 2.22. The van der Waals surface area contributed by atoms with Crippen LogP contribution in [-0.4, -0.2) is 27.7 Å². The summed E-state index contributed by atoms with van der Waals surface area (Å²) in [5.74, 6) is 1.38. The first-order chi connectivity index (χ1) is 7.25. The largest absolute Gasteiger partial charge is 0.381 e. The van der Waals surface area contributed by atoms with Crippen molar-refractivity contribution in [2.75, 3.05) is 11.5 Å². The molecule has 5 nitrogen and oxygen atoms in total. The molecule has 0 aromatic carbocycles. The summed E-state index contributed by atoms with van der Waals surface area (Å²) in [5.41, 5.74) is 5.65. The standard InChI is InChI=1S/C9H12N4OS/c10-8-9(12-4-3-11-8)15-5-6-1-2-7(14)13-6/h3-4,6H,1-2,5H2,(H2,10,11)(H,13,14). The Morgan fingerprint density at radius 2 is 2.33 bits per heavy atom. The number of anilines is 1. The fourth-order valence-electron chi connectivity index (χ4n) is 1.43. The summed E-state index contributed by atoms with van der Waals surface area (Å²) in [6.45, 7) is 0. The molecular formula is C9H12N4OS. The third-order valence-electron chi connectivity index (χ3n) is 2.20. The lowest BCUT2D eigenvalue weighted by Gasteiger charge is -2.08. The zero-order chi connectivity index (χ0) is 10.7. The topological polar surface area (TPSA) is 80.9 Å². The van der Waals surface area contributed by atoms with Crippen molar-refractivity contribution in [2.24, 2.45) is 0 Å². The van der Waals surface area contributed by atoms with Crippen LogP contribution in [0.5, 0.6) is 0 Å².